The van der Waals surface area contributed by atoms with Crippen LogP contribution in [0.2, 0.25) is 0 Å². The fourth-order valence-corrected chi connectivity index (χ4v) is 5.92. The summed E-state index contributed by atoms with van der Waals surface area (Å²) < 4.78 is 24.2. The molecule has 2 aliphatic heterocycles. The molecule has 0 aromatic rings. The predicted molar refractivity (Wildman–Crippen MR) is 114 cm³/mol. The summed E-state index contributed by atoms with van der Waals surface area (Å²) in [5.41, 5.74) is 6.81. The first-order chi connectivity index (χ1) is 14.3. The van der Waals surface area contributed by atoms with Crippen LogP contribution in [0.1, 0.15) is 72.1 Å². The Morgan fingerprint density at radius 3 is 2.50 bits per heavy atom. The van der Waals surface area contributed by atoms with Crippen LogP contribution >= 0.6 is 0 Å². The molecule has 2 saturated carbocycles. The number of epoxide rings is 2. The molecule has 2 N–H and O–H groups in total. The SMILES string of the molecule is COC1C(OC(=O)CC2CCC(N)CC2)CC[C@]2(CO2)C1[C@]1(C)O[C@@H]1CC=C(C)C. The first kappa shape index (κ1) is 22.3. The Hall–Kier alpha value is -0.950. The maximum absolute atomic E-state index is 12.7. The quantitative estimate of drug-likeness (QED) is 0.385. The lowest BCUT2D eigenvalue weighted by Crippen LogP contribution is -2.55. The van der Waals surface area contributed by atoms with Crippen molar-refractivity contribution >= 4 is 5.97 Å². The third kappa shape index (κ3) is 4.47. The van der Waals surface area contributed by atoms with Crippen molar-refractivity contribution in [1.29, 1.82) is 0 Å². The Labute approximate surface area is 180 Å². The van der Waals surface area contributed by atoms with Crippen LogP contribution in [0.25, 0.3) is 0 Å². The minimum absolute atomic E-state index is 0.0739. The third-order valence-corrected chi connectivity index (χ3v) is 7.87. The van der Waals surface area contributed by atoms with E-state index in [1.165, 1.54) is 5.57 Å². The van der Waals surface area contributed by atoms with Gasteiger partial charge in [0.05, 0.1) is 18.6 Å². The van der Waals surface area contributed by atoms with Gasteiger partial charge in [0.25, 0.3) is 0 Å². The summed E-state index contributed by atoms with van der Waals surface area (Å²) in [7, 11) is 1.72. The van der Waals surface area contributed by atoms with E-state index in [2.05, 4.69) is 26.8 Å². The highest BCUT2D eigenvalue weighted by Gasteiger charge is 2.72. The molecule has 6 atom stereocenters. The smallest absolute Gasteiger partial charge is 0.306 e. The fraction of sp³-hybridized carbons (Fsp3) is 0.875. The molecule has 0 radical (unpaired) electrons. The maximum atomic E-state index is 12.7. The van der Waals surface area contributed by atoms with Crippen molar-refractivity contribution in [3.8, 4) is 0 Å². The van der Waals surface area contributed by atoms with E-state index in [9.17, 15) is 4.79 Å². The molecule has 2 heterocycles. The molecule has 2 saturated heterocycles. The second kappa shape index (κ2) is 8.53. The molecule has 4 rings (SSSR count). The van der Waals surface area contributed by atoms with E-state index in [0.717, 1.165) is 51.6 Å². The Bertz CT molecular complexity index is 663. The first-order valence-electron chi connectivity index (χ1n) is 11.7. The number of hydrogen-bond donors (Lipinski definition) is 1. The van der Waals surface area contributed by atoms with Gasteiger partial charge in [0.15, 0.2) is 0 Å². The highest BCUT2D eigenvalue weighted by molar-refractivity contribution is 5.70. The zero-order chi connectivity index (χ0) is 21.5. The molecule has 0 amide bonds. The van der Waals surface area contributed by atoms with E-state index in [1.54, 1.807) is 7.11 Å². The Morgan fingerprint density at radius 2 is 1.90 bits per heavy atom. The number of rotatable bonds is 7. The fourth-order valence-electron chi connectivity index (χ4n) is 5.92. The van der Waals surface area contributed by atoms with Crippen LogP contribution in [0.3, 0.4) is 0 Å². The van der Waals surface area contributed by atoms with Crippen LogP contribution in [0.4, 0.5) is 0 Å². The molecular weight excluding hydrogens is 382 g/mol. The standard InChI is InChI=1S/C24H39NO5/c1-15(2)5-10-19-23(3,30-19)22-21(27-4)18(11-12-24(22)14-28-24)29-20(26)13-16-6-8-17(25)9-7-16/h5,16-19,21-22H,6-14,25H2,1-4H3/t16?,17?,18?,19-,21?,22?,23-,24+/m1/s1. The molecular formula is C24H39NO5. The Morgan fingerprint density at radius 1 is 1.20 bits per heavy atom. The molecule has 6 nitrogen and oxygen atoms in total. The molecule has 2 aliphatic carbocycles. The minimum Gasteiger partial charge on any atom is -0.460 e. The van der Waals surface area contributed by atoms with Crippen LogP contribution in [0.5, 0.6) is 0 Å². The van der Waals surface area contributed by atoms with E-state index >= 15 is 0 Å². The molecule has 1 spiro atoms. The van der Waals surface area contributed by atoms with E-state index in [-0.39, 0.29) is 41.4 Å². The van der Waals surface area contributed by atoms with Gasteiger partial charge in [-0.1, -0.05) is 11.6 Å². The minimum atomic E-state index is -0.298. The van der Waals surface area contributed by atoms with Crippen LogP contribution in [0, 0.1) is 11.8 Å². The summed E-state index contributed by atoms with van der Waals surface area (Å²) in [5.74, 6) is 0.371. The lowest BCUT2D eigenvalue weighted by atomic mass is 9.68. The van der Waals surface area contributed by atoms with Gasteiger partial charge in [-0.2, -0.15) is 0 Å². The van der Waals surface area contributed by atoms with Gasteiger partial charge in [-0.15, -0.1) is 0 Å². The van der Waals surface area contributed by atoms with Crippen molar-refractivity contribution in [2.75, 3.05) is 13.7 Å². The number of esters is 1. The molecule has 170 valence electrons. The van der Waals surface area contributed by atoms with E-state index in [4.69, 9.17) is 24.7 Å². The number of ether oxygens (including phenoxy) is 4. The van der Waals surface area contributed by atoms with Gasteiger partial charge >= 0.3 is 5.97 Å². The van der Waals surface area contributed by atoms with Gasteiger partial charge in [-0.05, 0) is 71.6 Å². The van der Waals surface area contributed by atoms with Gasteiger partial charge in [0.1, 0.15) is 23.4 Å². The van der Waals surface area contributed by atoms with E-state index in [0.29, 0.717) is 18.4 Å². The van der Waals surface area contributed by atoms with Gasteiger partial charge < -0.3 is 24.7 Å². The summed E-state index contributed by atoms with van der Waals surface area (Å²) in [6.07, 6.45) is 9.07. The number of hydrogen-bond acceptors (Lipinski definition) is 6. The van der Waals surface area contributed by atoms with Crippen molar-refractivity contribution < 1.29 is 23.7 Å². The Kier molecular flexibility index (Phi) is 6.33. The van der Waals surface area contributed by atoms with Crippen LogP contribution in [-0.4, -0.2) is 55.2 Å². The second-order valence-corrected chi connectivity index (χ2v) is 10.4. The van der Waals surface area contributed by atoms with Gasteiger partial charge in [0.2, 0.25) is 0 Å². The van der Waals surface area contributed by atoms with E-state index < -0.39 is 0 Å². The average molecular weight is 422 g/mol. The van der Waals surface area contributed by atoms with Crippen LogP contribution in [0.15, 0.2) is 11.6 Å². The average Bonchev–Trinajstić information content (AvgIpc) is 3.61. The third-order valence-electron chi connectivity index (χ3n) is 7.87. The van der Waals surface area contributed by atoms with E-state index in [1.807, 2.05) is 0 Å². The maximum Gasteiger partial charge on any atom is 0.306 e. The number of methoxy groups -OCH3 is 1. The van der Waals surface area contributed by atoms with Gasteiger partial charge in [0, 0.05) is 19.6 Å². The van der Waals surface area contributed by atoms with Crippen LogP contribution < -0.4 is 5.73 Å². The first-order valence-corrected chi connectivity index (χ1v) is 11.7. The molecule has 30 heavy (non-hydrogen) atoms. The molecule has 4 fully saturated rings. The summed E-state index contributed by atoms with van der Waals surface area (Å²) in [5, 5.41) is 0. The Balaban J connectivity index is 1.40. The number of carbonyl (C=O) groups excluding carboxylic acids is 1. The summed E-state index contributed by atoms with van der Waals surface area (Å²) in [6, 6.07) is 0.294. The van der Waals surface area contributed by atoms with Gasteiger partial charge in [-0.3, -0.25) is 4.79 Å². The van der Waals surface area contributed by atoms with Crippen molar-refractivity contribution in [2.45, 2.75) is 108 Å². The number of nitrogens with two attached hydrogens (primary N) is 1. The van der Waals surface area contributed by atoms with Crippen molar-refractivity contribution in [3.63, 3.8) is 0 Å². The van der Waals surface area contributed by atoms with Crippen molar-refractivity contribution in [1.82, 2.24) is 0 Å². The molecule has 4 aliphatic rings. The monoisotopic (exact) mass is 421 g/mol. The summed E-state index contributed by atoms with van der Waals surface area (Å²) in [6.45, 7) is 7.14. The molecule has 3 unspecified atom stereocenters. The molecule has 6 heteroatoms. The number of allylic oxidation sites excluding steroid dienone is 1. The van der Waals surface area contributed by atoms with Crippen molar-refractivity contribution in [3.05, 3.63) is 11.6 Å². The number of carbonyl (C=O) groups is 1. The summed E-state index contributed by atoms with van der Waals surface area (Å²) in [4.78, 5) is 12.7. The molecule has 0 bridgehead atoms. The molecule has 0 aromatic carbocycles. The zero-order valence-electron chi connectivity index (χ0n) is 19.0. The second-order valence-electron chi connectivity index (χ2n) is 10.4. The summed E-state index contributed by atoms with van der Waals surface area (Å²) >= 11 is 0. The topological polar surface area (TPSA) is 86.6 Å². The molecule has 0 aromatic heterocycles. The lowest BCUT2D eigenvalue weighted by Gasteiger charge is -2.42. The van der Waals surface area contributed by atoms with Gasteiger partial charge in [-0.25, -0.2) is 0 Å². The normalized spacial score (nSPS) is 45.1. The highest BCUT2D eigenvalue weighted by Crippen LogP contribution is 2.59. The zero-order valence-corrected chi connectivity index (χ0v) is 19.0. The largest absolute Gasteiger partial charge is 0.460 e. The van der Waals surface area contributed by atoms with Crippen LogP contribution in [-0.2, 0) is 23.7 Å². The lowest BCUT2D eigenvalue weighted by molar-refractivity contribution is -0.173. The van der Waals surface area contributed by atoms with Crippen molar-refractivity contribution in [2.24, 2.45) is 17.6 Å². The predicted octanol–water partition coefficient (Wildman–Crippen LogP) is 3.51. The highest BCUT2D eigenvalue weighted by atomic mass is 16.6.